The van der Waals surface area contributed by atoms with E-state index in [1.165, 1.54) is 110 Å². The van der Waals surface area contributed by atoms with E-state index < -0.39 is 0 Å². The van der Waals surface area contributed by atoms with Crippen LogP contribution in [0.25, 0.3) is 21.5 Å². The zero-order valence-corrected chi connectivity index (χ0v) is 36.4. The van der Waals surface area contributed by atoms with Gasteiger partial charge in [0, 0.05) is 0 Å². The van der Waals surface area contributed by atoms with Gasteiger partial charge in [-0.2, -0.15) is 11.1 Å². The first-order valence-corrected chi connectivity index (χ1v) is 19.7. The number of fused-ring (bicyclic) bond motifs is 3. The summed E-state index contributed by atoms with van der Waals surface area (Å²) >= 11 is 1.46. The number of halogens is 2. The van der Waals surface area contributed by atoms with Crippen molar-refractivity contribution >= 4 is 24.8 Å². The second kappa shape index (κ2) is 20.7. The van der Waals surface area contributed by atoms with Crippen LogP contribution in [0.5, 0.6) is 0 Å². The van der Waals surface area contributed by atoms with Crippen LogP contribution in [-0.4, -0.2) is 3.21 Å². The van der Waals surface area contributed by atoms with Crippen molar-refractivity contribution in [2.75, 3.05) is 0 Å². The predicted octanol–water partition coefficient (Wildman–Crippen LogP) is 7.79. The fraction of sp³-hybridized carbons (Fsp3) is 0.375. The van der Waals surface area contributed by atoms with Gasteiger partial charge in [0.05, 0.1) is 0 Å². The fourth-order valence-corrected chi connectivity index (χ4v) is 7.42. The van der Waals surface area contributed by atoms with E-state index >= 15 is 0 Å². The van der Waals surface area contributed by atoms with Crippen LogP contribution in [0.3, 0.4) is 0 Å². The summed E-state index contributed by atoms with van der Waals surface area (Å²) in [4.78, 5) is 0. The summed E-state index contributed by atoms with van der Waals surface area (Å²) in [6.07, 6.45) is 13.4. The van der Waals surface area contributed by atoms with Crippen molar-refractivity contribution in [3.63, 3.8) is 0 Å². The summed E-state index contributed by atoms with van der Waals surface area (Å²) in [5.74, 6) is 0.654. The van der Waals surface area contributed by atoms with Crippen LogP contribution in [0, 0.1) is 12.0 Å². The number of benzene rings is 4. The fourth-order valence-electron chi connectivity index (χ4n) is 6.60. The van der Waals surface area contributed by atoms with Gasteiger partial charge in [-0.15, -0.1) is 39.7 Å². The third kappa shape index (κ3) is 12.3. The summed E-state index contributed by atoms with van der Waals surface area (Å²) in [5, 5.41) is 5.48. The molecule has 1 unspecified atom stereocenters. The van der Waals surface area contributed by atoms with Crippen molar-refractivity contribution in [2.45, 2.75) is 112 Å². The van der Waals surface area contributed by atoms with E-state index in [1.54, 1.807) is 11.1 Å². The molecule has 5 aromatic carbocycles. The third-order valence-electron chi connectivity index (χ3n) is 9.47. The summed E-state index contributed by atoms with van der Waals surface area (Å²) < 4.78 is 1.42. The molecule has 0 fully saturated rings. The van der Waals surface area contributed by atoms with E-state index in [4.69, 9.17) is 0 Å². The summed E-state index contributed by atoms with van der Waals surface area (Å²) in [6, 6.07) is 37.3. The number of hydrogen-bond acceptors (Lipinski definition) is 0. The molecule has 0 spiro atoms. The van der Waals surface area contributed by atoms with Crippen molar-refractivity contribution in [2.24, 2.45) is 5.92 Å². The molecule has 0 aliphatic heterocycles. The second-order valence-corrected chi connectivity index (χ2v) is 16.8. The average Bonchev–Trinajstić information content (AvgIpc) is 3.65. The number of hydrogen-bond donors (Lipinski definition) is 0. The molecule has 0 aromatic heterocycles. The molecule has 1 aliphatic carbocycles. The summed E-state index contributed by atoms with van der Waals surface area (Å²) in [7, 11) is 0. The minimum atomic E-state index is 0. The molecule has 270 valence electrons. The molecule has 0 N–H and O–H groups in total. The van der Waals surface area contributed by atoms with Gasteiger partial charge in [0.25, 0.3) is 0 Å². The van der Waals surface area contributed by atoms with Crippen LogP contribution in [-0.2, 0) is 35.1 Å². The van der Waals surface area contributed by atoms with Crippen LogP contribution in [0.15, 0.2) is 120 Å². The minimum absolute atomic E-state index is 0. The Labute approximate surface area is 337 Å². The van der Waals surface area contributed by atoms with E-state index in [-0.39, 0.29) is 35.6 Å². The van der Waals surface area contributed by atoms with Gasteiger partial charge in [-0.1, -0.05) is 136 Å². The van der Waals surface area contributed by atoms with E-state index in [2.05, 4.69) is 178 Å². The van der Waals surface area contributed by atoms with Crippen molar-refractivity contribution in [1.29, 1.82) is 0 Å². The van der Waals surface area contributed by atoms with E-state index in [0.29, 0.717) is 5.92 Å². The predicted molar refractivity (Wildman–Crippen MR) is 214 cm³/mol. The van der Waals surface area contributed by atoms with Crippen LogP contribution in [0.1, 0.15) is 123 Å². The Balaban J connectivity index is 0.000000269. The van der Waals surface area contributed by atoms with Crippen LogP contribution in [0.2, 0.25) is 0 Å². The molecule has 0 saturated carbocycles. The standard InChI is InChI=1S/C21H25.C14H23.C13H10.2ClH.Zr/c1-20(2,3)16-7-9-18-14(12-16)11-15-13-17(21(4,5)6)8-10-19(15)18;1-4-7-12-10-11-13(8-5-2)14(12)9-6-3;1-3-7-12(8-4-1)11-13-9-5-2-6-10-13;;;/h7-13H,1-6H3;10,13H,4-9H2,1-3H3;1-10H;2*1H;/q2*-1;;;;+2/p-2. The summed E-state index contributed by atoms with van der Waals surface area (Å²) in [6.45, 7) is 20.4. The Morgan fingerprint density at radius 1 is 0.627 bits per heavy atom. The number of rotatable bonds is 8. The topological polar surface area (TPSA) is 0 Å². The molecular weight excluding hydrogens is 739 g/mol. The van der Waals surface area contributed by atoms with Crippen molar-refractivity contribution in [3.8, 4) is 0 Å². The van der Waals surface area contributed by atoms with Gasteiger partial charge in [0.15, 0.2) is 0 Å². The van der Waals surface area contributed by atoms with Gasteiger partial charge in [0.1, 0.15) is 0 Å². The Bertz CT molecular complexity index is 1750. The molecule has 0 radical (unpaired) electrons. The van der Waals surface area contributed by atoms with Gasteiger partial charge in [-0.25, -0.2) is 6.08 Å². The van der Waals surface area contributed by atoms with Gasteiger partial charge in [-0.3, -0.25) is 6.08 Å². The zero-order chi connectivity index (χ0) is 35.6. The maximum atomic E-state index is 3.53. The Morgan fingerprint density at radius 3 is 1.47 bits per heavy atom. The molecule has 1 aliphatic rings. The molecule has 3 heteroatoms. The van der Waals surface area contributed by atoms with E-state index in [0.717, 1.165) is 0 Å². The Morgan fingerprint density at radius 2 is 1.08 bits per heavy atom. The normalized spacial score (nSPS) is 13.9. The SMILES string of the molecule is CC(C)(C)c1ccc2c(c1)[cH-]c1cc(C(C)(C)C)ccc12.CCCC1=C(CCC)C(CCC)[C-]=C1.[Cl-].[Cl-].[Zr+2]=[C](c1ccccc1)c1ccccc1. The van der Waals surface area contributed by atoms with E-state index in [1.807, 2.05) is 0 Å². The summed E-state index contributed by atoms with van der Waals surface area (Å²) in [5.41, 5.74) is 9.16. The molecule has 0 bridgehead atoms. The quantitative estimate of drug-likeness (QED) is 0.141. The van der Waals surface area contributed by atoms with Gasteiger partial charge in [-0.05, 0) is 17.3 Å². The van der Waals surface area contributed by atoms with Crippen molar-refractivity contribution < 1.29 is 49.0 Å². The Hall–Kier alpha value is -2.44. The average molecular weight is 797 g/mol. The monoisotopic (exact) mass is 794 g/mol. The van der Waals surface area contributed by atoms with Crippen molar-refractivity contribution in [3.05, 3.63) is 149 Å². The first-order chi connectivity index (χ1) is 23.4. The van der Waals surface area contributed by atoms with Crippen LogP contribution >= 0.6 is 0 Å². The molecular formula is C48H58Cl2Zr-2. The van der Waals surface area contributed by atoms with Gasteiger partial charge < -0.3 is 24.8 Å². The molecule has 0 saturated heterocycles. The molecule has 51 heavy (non-hydrogen) atoms. The molecule has 1 atom stereocenters. The van der Waals surface area contributed by atoms with Crippen LogP contribution in [0.4, 0.5) is 0 Å². The number of allylic oxidation sites excluding steroid dienone is 4. The molecule has 0 amide bonds. The van der Waals surface area contributed by atoms with Crippen LogP contribution < -0.4 is 24.8 Å². The zero-order valence-electron chi connectivity index (χ0n) is 32.5. The second-order valence-electron chi connectivity index (χ2n) is 15.6. The van der Waals surface area contributed by atoms with Gasteiger partial charge in [0.2, 0.25) is 0 Å². The van der Waals surface area contributed by atoms with Crippen molar-refractivity contribution in [1.82, 2.24) is 0 Å². The molecule has 6 rings (SSSR count). The van der Waals surface area contributed by atoms with E-state index in [9.17, 15) is 0 Å². The Kier molecular flexibility index (Phi) is 18.2. The first kappa shape index (κ1) is 44.7. The first-order valence-electron chi connectivity index (χ1n) is 18.5. The third-order valence-corrected chi connectivity index (χ3v) is 10.9. The van der Waals surface area contributed by atoms with Gasteiger partial charge >= 0.3 is 99.2 Å². The molecule has 5 aromatic rings. The molecule has 0 heterocycles. The molecule has 0 nitrogen and oxygen atoms in total. The maximum absolute atomic E-state index is 3.53.